The molecule has 0 saturated carbocycles. The number of rotatable bonds is 7. The van der Waals surface area contributed by atoms with Gasteiger partial charge in [-0.05, 0) is 48.8 Å². The van der Waals surface area contributed by atoms with E-state index in [4.69, 9.17) is 15.1 Å². The van der Waals surface area contributed by atoms with Crippen molar-refractivity contribution in [3.05, 3.63) is 35.2 Å². The van der Waals surface area contributed by atoms with E-state index >= 15 is 0 Å². The third-order valence-electron chi connectivity index (χ3n) is 5.59. The Bertz CT molecular complexity index is 1160. The van der Waals surface area contributed by atoms with Gasteiger partial charge in [0.2, 0.25) is 11.6 Å². The summed E-state index contributed by atoms with van der Waals surface area (Å²) in [7, 11) is 1.45. The van der Waals surface area contributed by atoms with E-state index in [1.807, 2.05) is 0 Å². The maximum Gasteiger partial charge on any atom is 0.293 e. The molecule has 0 aliphatic carbocycles. The van der Waals surface area contributed by atoms with Crippen molar-refractivity contribution in [1.82, 2.24) is 35.6 Å². The molecule has 1 aromatic carbocycles. The van der Waals surface area contributed by atoms with E-state index in [2.05, 4.69) is 43.0 Å². The van der Waals surface area contributed by atoms with Crippen LogP contribution in [0, 0.1) is 0 Å². The topological polar surface area (TPSA) is 170 Å². The largest absolute Gasteiger partial charge is 0.504 e. The number of benzene rings is 1. The van der Waals surface area contributed by atoms with E-state index in [0.717, 1.165) is 25.8 Å². The van der Waals surface area contributed by atoms with Crippen molar-refractivity contribution in [2.24, 2.45) is 5.10 Å². The average molecular weight is 455 g/mol. The molecule has 0 radical (unpaired) electrons. The van der Waals surface area contributed by atoms with Crippen LogP contribution in [0.5, 0.6) is 11.5 Å². The highest BCUT2D eigenvalue weighted by Crippen LogP contribution is 2.28. The molecule has 0 bridgehead atoms. The smallest absolute Gasteiger partial charge is 0.293 e. The molecule has 1 amide bonds. The number of phenols is 1. The van der Waals surface area contributed by atoms with Crippen molar-refractivity contribution in [3.8, 4) is 17.3 Å². The quantitative estimate of drug-likeness (QED) is 0.346. The molecule has 3 heterocycles. The first-order valence-corrected chi connectivity index (χ1v) is 10.5. The first-order chi connectivity index (χ1) is 16.0. The van der Waals surface area contributed by atoms with E-state index in [1.54, 1.807) is 18.2 Å². The molecule has 174 valence electrons. The Morgan fingerprint density at radius 1 is 1.42 bits per heavy atom. The van der Waals surface area contributed by atoms with Gasteiger partial charge in [-0.2, -0.15) is 9.78 Å². The van der Waals surface area contributed by atoms with Crippen LogP contribution in [0.3, 0.4) is 0 Å². The minimum atomic E-state index is -0.574. The number of piperidine rings is 1. The summed E-state index contributed by atoms with van der Waals surface area (Å²) >= 11 is 0. The number of nitrogens with two attached hydrogens (primary N) is 1. The maximum atomic E-state index is 12.9. The molecule has 13 nitrogen and oxygen atoms in total. The Hall–Kier alpha value is -4.00. The molecule has 3 aromatic rings. The molecule has 0 spiro atoms. The Morgan fingerprint density at radius 3 is 3.00 bits per heavy atom. The summed E-state index contributed by atoms with van der Waals surface area (Å²) in [5.74, 6) is -0.172. The Balaban J connectivity index is 1.59. The van der Waals surface area contributed by atoms with Gasteiger partial charge in [0.15, 0.2) is 17.2 Å². The minimum Gasteiger partial charge on any atom is -0.504 e. The Kier molecular flexibility index (Phi) is 6.49. The number of nitrogens with one attached hydrogen (secondary N) is 1. The third-order valence-corrected chi connectivity index (χ3v) is 5.59. The van der Waals surface area contributed by atoms with Gasteiger partial charge in [0.1, 0.15) is 0 Å². The number of hydrogen-bond acceptors (Lipinski definition) is 11. The Morgan fingerprint density at radius 2 is 2.27 bits per heavy atom. The standard InChI is InChI=1S/C20H25N9O4/c1-12-6-3-4-9-28(12)11-14-16(23-27-29(14)19-18(21)25-33-26-19)20(31)24-22-10-13-7-5-8-15(32-2)17(13)30/h5,7-8,10,12,30H,3-4,6,9,11H2,1-2H3,(H2,21,25)(H,24,31)/b22-10+/t12-/m0/s1. The van der Waals surface area contributed by atoms with Crippen LogP contribution in [0.4, 0.5) is 5.82 Å². The molecule has 1 saturated heterocycles. The number of hydrazone groups is 1. The second-order valence-electron chi connectivity index (χ2n) is 7.68. The van der Waals surface area contributed by atoms with Crippen molar-refractivity contribution >= 4 is 17.9 Å². The van der Waals surface area contributed by atoms with Crippen LogP contribution >= 0.6 is 0 Å². The lowest BCUT2D eigenvalue weighted by Gasteiger charge is -2.33. The van der Waals surface area contributed by atoms with E-state index in [9.17, 15) is 9.90 Å². The summed E-state index contributed by atoms with van der Waals surface area (Å²) in [6, 6.07) is 5.27. The van der Waals surface area contributed by atoms with Gasteiger partial charge in [-0.3, -0.25) is 9.69 Å². The number of carbonyl (C=O) groups is 1. The summed E-state index contributed by atoms with van der Waals surface area (Å²) in [6.07, 6.45) is 4.60. The number of amides is 1. The van der Waals surface area contributed by atoms with Crippen LogP contribution < -0.4 is 15.9 Å². The molecule has 2 aromatic heterocycles. The highest BCUT2D eigenvalue weighted by Gasteiger charge is 2.28. The molecule has 0 unspecified atom stereocenters. The van der Waals surface area contributed by atoms with Crippen LogP contribution in [0.15, 0.2) is 27.9 Å². The van der Waals surface area contributed by atoms with Crippen LogP contribution in [0.1, 0.15) is 47.9 Å². The van der Waals surface area contributed by atoms with Gasteiger partial charge in [-0.1, -0.05) is 17.7 Å². The highest BCUT2D eigenvalue weighted by molar-refractivity contribution is 5.94. The van der Waals surface area contributed by atoms with Crippen LogP contribution in [0.2, 0.25) is 0 Å². The van der Waals surface area contributed by atoms with Gasteiger partial charge in [-0.25, -0.2) is 10.1 Å². The number of nitrogens with zero attached hydrogens (tertiary/aromatic N) is 7. The normalized spacial score (nSPS) is 16.8. The highest BCUT2D eigenvalue weighted by atomic mass is 16.6. The zero-order valence-corrected chi connectivity index (χ0v) is 18.3. The van der Waals surface area contributed by atoms with E-state index in [0.29, 0.717) is 29.6 Å². The van der Waals surface area contributed by atoms with Crippen molar-refractivity contribution in [3.63, 3.8) is 0 Å². The molecule has 1 aliphatic rings. The summed E-state index contributed by atoms with van der Waals surface area (Å²) < 4.78 is 11.1. The average Bonchev–Trinajstić information content (AvgIpc) is 3.42. The number of phenolic OH excluding ortho intramolecular Hbond substituents is 1. The first-order valence-electron chi connectivity index (χ1n) is 10.5. The number of para-hydroxylation sites is 1. The SMILES string of the molecule is COc1cccc(/C=N/NC(=O)c2nnn(-c3nonc3N)c2CN2CCCC[C@@H]2C)c1O. The van der Waals surface area contributed by atoms with Crippen LogP contribution in [0.25, 0.3) is 5.82 Å². The summed E-state index contributed by atoms with van der Waals surface area (Å²) in [5.41, 5.74) is 9.21. The number of anilines is 1. The lowest BCUT2D eigenvalue weighted by molar-refractivity contribution is 0.0945. The summed E-state index contributed by atoms with van der Waals surface area (Å²) in [5, 5.41) is 29.6. The number of carbonyl (C=O) groups excluding carboxylic acids is 1. The van der Waals surface area contributed by atoms with Crippen molar-refractivity contribution in [2.45, 2.75) is 38.8 Å². The van der Waals surface area contributed by atoms with Gasteiger partial charge in [0.25, 0.3) is 5.91 Å². The lowest BCUT2D eigenvalue weighted by atomic mass is 10.0. The molecule has 1 aliphatic heterocycles. The Labute approximate surface area is 189 Å². The van der Waals surface area contributed by atoms with Gasteiger partial charge < -0.3 is 15.6 Å². The fourth-order valence-electron chi connectivity index (χ4n) is 3.73. The summed E-state index contributed by atoms with van der Waals surface area (Å²) in [6.45, 7) is 3.43. The number of hydrogen-bond donors (Lipinski definition) is 3. The molecule has 4 N–H and O–H groups in total. The molecule has 1 atom stereocenters. The van der Waals surface area contributed by atoms with E-state index < -0.39 is 5.91 Å². The molecule has 13 heteroatoms. The van der Waals surface area contributed by atoms with Crippen molar-refractivity contribution in [1.29, 1.82) is 0 Å². The monoisotopic (exact) mass is 455 g/mol. The molecular formula is C20H25N9O4. The molecule has 4 rings (SSSR count). The predicted molar refractivity (Wildman–Crippen MR) is 117 cm³/mol. The second-order valence-corrected chi connectivity index (χ2v) is 7.68. The minimum absolute atomic E-state index is 0.0336. The number of nitrogen functional groups attached to an aromatic ring is 1. The zero-order valence-electron chi connectivity index (χ0n) is 18.3. The van der Waals surface area contributed by atoms with Crippen LogP contribution in [-0.2, 0) is 6.54 Å². The lowest BCUT2D eigenvalue weighted by Crippen LogP contribution is -2.38. The third kappa shape index (κ3) is 4.62. The summed E-state index contributed by atoms with van der Waals surface area (Å²) in [4.78, 5) is 15.2. The fraction of sp³-hybridized carbons (Fsp3) is 0.400. The number of aromatic hydroxyl groups is 1. The van der Waals surface area contributed by atoms with Crippen LogP contribution in [-0.4, -0.2) is 67.1 Å². The van der Waals surface area contributed by atoms with Gasteiger partial charge in [0, 0.05) is 18.2 Å². The van der Waals surface area contributed by atoms with E-state index in [1.165, 1.54) is 18.0 Å². The second kappa shape index (κ2) is 9.65. The first kappa shape index (κ1) is 22.2. The van der Waals surface area contributed by atoms with E-state index in [-0.39, 0.29) is 23.1 Å². The van der Waals surface area contributed by atoms with Gasteiger partial charge in [0.05, 0.1) is 19.0 Å². The number of aromatic nitrogens is 5. The van der Waals surface area contributed by atoms with Gasteiger partial charge >= 0.3 is 0 Å². The molecule has 33 heavy (non-hydrogen) atoms. The number of likely N-dealkylation sites (tertiary alicyclic amines) is 1. The zero-order chi connectivity index (χ0) is 23.4. The van der Waals surface area contributed by atoms with Gasteiger partial charge in [-0.15, -0.1) is 5.10 Å². The number of ether oxygens (including phenoxy) is 1. The molecular weight excluding hydrogens is 430 g/mol. The predicted octanol–water partition coefficient (Wildman–Crippen LogP) is 1.08. The fourth-order valence-corrected chi connectivity index (χ4v) is 3.73. The maximum absolute atomic E-state index is 12.9. The number of methoxy groups -OCH3 is 1. The van der Waals surface area contributed by atoms with Crippen molar-refractivity contribution in [2.75, 3.05) is 19.4 Å². The molecule has 1 fully saturated rings. The van der Waals surface area contributed by atoms with Crippen molar-refractivity contribution < 1.29 is 19.3 Å².